The first-order valence-corrected chi connectivity index (χ1v) is 10.3. The second-order valence-electron chi connectivity index (χ2n) is 6.83. The first-order valence-electron chi connectivity index (χ1n) is 8.44. The van der Waals surface area contributed by atoms with E-state index in [2.05, 4.69) is 24.3 Å². The molecule has 2 N–H and O–H groups in total. The van der Waals surface area contributed by atoms with Crippen LogP contribution in [0.4, 0.5) is 10.5 Å². The lowest BCUT2D eigenvalue weighted by molar-refractivity contribution is -0.506. The molecule has 5 aromatic rings. The van der Waals surface area contributed by atoms with Crippen LogP contribution in [0.1, 0.15) is 12.5 Å². The maximum Gasteiger partial charge on any atom is 0.519 e. The summed E-state index contributed by atoms with van der Waals surface area (Å²) >= 11 is 1.90. The number of urea groups is 1. The van der Waals surface area contributed by atoms with Crippen LogP contribution in [0, 0.1) is 6.92 Å². The Morgan fingerprint density at radius 2 is 1.61 bits per heavy atom. The van der Waals surface area contributed by atoms with Crippen molar-refractivity contribution < 1.29 is 27.4 Å². The Morgan fingerprint density at radius 1 is 1.07 bits per heavy atom. The molecular weight excluding hydrogens is 400 g/mol. The Kier molecular flexibility index (Phi) is 4.35. The molecule has 28 heavy (non-hydrogen) atoms. The Balaban J connectivity index is 0.000000174. The van der Waals surface area contributed by atoms with Gasteiger partial charge >= 0.3 is 16.5 Å². The van der Waals surface area contributed by atoms with Crippen molar-refractivity contribution in [2.75, 3.05) is 4.90 Å². The predicted molar refractivity (Wildman–Crippen MR) is 107 cm³/mol. The van der Waals surface area contributed by atoms with Gasteiger partial charge in [0.1, 0.15) is 5.69 Å². The number of fused-ring (bicyclic) bond motifs is 1. The van der Waals surface area contributed by atoms with Crippen LogP contribution in [-0.2, 0) is 10.5 Å². The van der Waals surface area contributed by atoms with Crippen LogP contribution in [0.25, 0.3) is 20.2 Å². The van der Waals surface area contributed by atoms with Crippen molar-refractivity contribution in [3.8, 4) is 0 Å². The van der Waals surface area contributed by atoms with Crippen molar-refractivity contribution in [2.24, 2.45) is 0 Å². The first kappa shape index (κ1) is 18.8. The molecular formula is C19H17N2O5S2+. The molecule has 3 heterocycles. The van der Waals surface area contributed by atoms with Crippen LogP contribution in [0.2, 0.25) is 0 Å². The van der Waals surface area contributed by atoms with Gasteiger partial charge in [-0.05, 0) is 45.9 Å². The molecule has 1 aliphatic rings. The van der Waals surface area contributed by atoms with Crippen LogP contribution in [0.15, 0.2) is 48.5 Å². The fraction of sp³-hybridized carbons (Fsp3) is 0.211. The van der Waals surface area contributed by atoms with E-state index in [0.717, 1.165) is 10.5 Å². The number of carbonyl (C=O) groups is 1. The minimum atomic E-state index is -2.96. The normalized spacial score (nSPS) is 22.3. The molecule has 2 unspecified atom stereocenters. The smallest absolute Gasteiger partial charge is 0.349 e. The van der Waals surface area contributed by atoms with Crippen LogP contribution < -0.4 is 4.90 Å². The number of hydrogen-bond acceptors (Lipinski definition) is 6. The van der Waals surface area contributed by atoms with E-state index in [4.69, 9.17) is 0 Å². The Labute approximate surface area is 166 Å². The SMILES string of the molecule is Cc1ccc(N2C(=O)[N+](=S(=O)=O)C(O)C2(C)O)cc1.c1cc2cc3sc2cc13. The summed E-state index contributed by atoms with van der Waals surface area (Å²) in [5.74, 6) is 0. The van der Waals surface area contributed by atoms with E-state index in [1.54, 1.807) is 24.3 Å². The summed E-state index contributed by atoms with van der Waals surface area (Å²) in [6.07, 6.45) is -1.86. The van der Waals surface area contributed by atoms with Crippen molar-refractivity contribution in [1.82, 2.24) is 0 Å². The van der Waals surface area contributed by atoms with Gasteiger partial charge in [0.05, 0.1) is 0 Å². The molecule has 3 aromatic carbocycles. The highest BCUT2D eigenvalue weighted by Gasteiger charge is 2.62. The van der Waals surface area contributed by atoms with Gasteiger partial charge in [0.25, 0.3) is 12.0 Å². The Morgan fingerprint density at radius 3 is 2.00 bits per heavy atom. The second-order valence-corrected chi connectivity index (χ2v) is 8.74. The molecule has 0 spiro atoms. The zero-order valence-electron chi connectivity index (χ0n) is 15.0. The van der Waals surface area contributed by atoms with Crippen LogP contribution in [0.5, 0.6) is 0 Å². The molecule has 2 aromatic heterocycles. The average Bonchev–Trinajstić information content (AvgIpc) is 3.25. The molecule has 7 nitrogen and oxygen atoms in total. The minimum absolute atomic E-state index is 0.194. The number of rotatable bonds is 1. The van der Waals surface area contributed by atoms with Gasteiger partial charge in [-0.15, -0.1) is 19.8 Å². The third-order valence-corrected chi connectivity index (χ3v) is 6.63. The van der Waals surface area contributed by atoms with Gasteiger partial charge in [0, 0.05) is 16.3 Å². The third kappa shape index (κ3) is 2.83. The maximum atomic E-state index is 12.0. The standard InChI is InChI=1S/C11H13N2O5S.C8H4S/c1-7-3-5-8(6-4-7)12-10(15)13(19(17)18)9(14)11(12,2)16;1-2-6-4-7-5(1)3-8(6)9-7/h3-6,9,14,16H,1-2H3;1-4H/q+1;. The van der Waals surface area contributed by atoms with Crippen LogP contribution in [0.3, 0.4) is 0 Å². The van der Waals surface area contributed by atoms with Gasteiger partial charge in [0.2, 0.25) is 0 Å². The highest BCUT2D eigenvalue weighted by Crippen LogP contribution is 2.36. The van der Waals surface area contributed by atoms with E-state index in [0.29, 0.717) is 5.69 Å². The van der Waals surface area contributed by atoms with Crippen molar-refractivity contribution in [3.63, 3.8) is 0 Å². The summed E-state index contributed by atoms with van der Waals surface area (Å²) in [6.45, 7) is 3.02. The molecule has 0 saturated carbocycles. The maximum absolute atomic E-state index is 12.0. The van der Waals surface area contributed by atoms with Crippen molar-refractivity contribution >= 4 is 53.7 Å². The Hall–Kier alpha value is -2.59. The number of nitrogens with zero attached hydrogens (tertiary/aromatic N) is 2. The number of carbonyl (C=O) groups excluding carboxylic acids is 1. The number of aryl methyl sites for hydroxylation is 1. The number of anilines is 1. The molecule has 0 aliphatic carbocycles. The molecule has 144 valence electrons. The fourth-order valence-electron chi connectivity index (χ4n) is 3.27. The monoisotopic (exact) mass is 417 g/mol. The van der Waals surface area contributed by atoms with Crippen molar-refractivity contribution in [2.45, 2.75) is 25.8 Å². The van der Waals surface area contributed by atoms with E-state index < -0.39 is 28.5 Å². The number of hydrogen-bond donors (Lipinski definition) is 2. The van der Waals surface area contributed by atoms with E-state index >= 15 is 0 Å². The molecule has 6 rings (SSSR count). The van der Waals surface area contributed by atoms with Gasteiger partial charge in [0.15, 0.2) is 0 Å². The van der Waals surface area contributed by atoms with E-state index in [1.807, 2.05) is 18.3 Å². The average molecular weight is 417 g/mol. The molecule has 1 saturated heterocycles. The number of aliphatic hydroxyl groups is 2. The van der Waals surface area contributed by atoms with Crippen LogP contribution >= 0.6 is 11.3 Å². The molecule has 0 radical (unpaired) electrons. The lowest BCUT2D eigenvalue weighted by Gasteiger charge is -2.21. The third-order valence-electron chi connectivity index (χ3n) is 4.80. The second kappa shape index (κ2) is 6.49. The van der Waals surface area contributed by atoms with Gasteiger partial charge in [-0.3, -0.25) is 0 Å². The van der Waals surface area contributed by atoms with Crippen molar-refractivity contribution in [3.05, 3.63) is 54.1 Å². The molecule has 1 fully saturated rings. The topological polar surface area (TPSA) is 97.9 Å². The highest BCUT2D eigenvalue weighted by atomic mass is 32.2. The fourth-order valence-corrected chi connectivity index (χ4v) is 4.94. The molecule has 9 heteroatoms. The Bertz CT molecular complexity index is 1210. The zero-order valence-corrected chi connectivity index (χ0v) is 16.7. The first-order chi connectivity index (χ1) is 13.2. The number of benzene rings is 4. The summed E-state index contributed by atoms with van der Waals surface area (Å²) < 4.78 is 25.0. The lowest BCUT2D eigenvalue weighted by atomic mass is 10.1. The summed E-state index contributed by atoms with van der Waals surface area (Å²) in [4.78, 5) is 12.8. The largest absolute Gasteiger partial charge is 0.519 e. The molecule has 2 amide bonds. The van der Waals surface area contributed by atoms with Crippen molar-refractivity contribution in [1.29, 1.82) is 0 Å². The zero-order chi connectivity index (χ0) is 20.2. The molecule has 1 aliphatic heterocycles. The van der Waals surface area contributed by atoms with E-state index in [9.17, 15) is 23.4 Å². The number of thiophene rings is 2. The molecule has 2 atom stereocenters. The van der Waals surface area contributed by atoms with E-state index in [-0.39, 0.29) is 3.95 Å². The summed E-state index contributed by atoms with van der Waals surface area (Å²) in [5.41, 5.74) is -0.792. The lowest BCUT2D eigenvalue weighted by Crippen LogP contribution is -2.49. The van der Waals surface area contributed by atoms with E-state index in [1.165, 1.54) is 27.1 Å². The molecule has 4 bridgehead atoms. The van der Waals surface area contributed by atoms with Gasteiger partial charge in [-0.2, -0.15) is 9.69 Å². The van der Waals surface area contributed by atoms with Crippen LogP contribution in [-0.4, -0.2) is 40.6 Å². The number of aliphatic hydroxyl groups excluding tert-OH is 1. The summed E-state index contributed by atoms with van der Waals surface area (Å²) in [7, 11) is -2.96. The van der Waals surface area contributed by atoms with Gasteiger partial charge in [-0.25, -0.2) is 0 Å². The highest BCUT2D eigenvalue weighted by molar-refractivity contribution is 7.59. The van der Waals surface area contributed by atoms with Gasteiger partial charge in [-0.1, -0.05) is 29.8 Å². The summed E-state index contributed by atoms with van der Waals surface area (Å²) in [6, 6.07) is 14.4. The number of amides is 2. The predicted octanol–water partition coefficient (Wildman–Crippen LogP) is 2.97. The minimum Gasteiger partial charge on any atom is -0.349 e. The quantitative estimate of drug-likeness (QED) is 0.464. The summed E-state index contributed by atoms with van der Waals surface area (Å²) in [5, 5.41) is 22.8. The van der Waals surface area contributed by atoms with Gasteiger partial charge < -0.3 is 10.2 Å².